The minimum Gasteiger partial charge on any atom is -0.481 e. The molecule has 0 amide bonds. The number of carboxylic acids is 1. The minimum absolute atomic E-state index is 0.297. The summed E-state index contributed by atoms with van der Waals surface area (Å²) in [6.45, 7) is 1.23. The first kappa shape index (κ1) is 12.8. The van der Waals surface area contributed by atoms with Gasteiger partial charge in [0.1, 0.15) is 0 Å². The number of thioether (sulfide) groups is 1. The second-order valence-electron chi connectivity index (χ2n) is 4.17. The normalized spacial score (nSPS) is 22.9. The van der Waals surface area contributed by atoms with E-state index in [1.165, 1.54) is 32.2 Å². The second-order valence-corrected chi connectivity index (χ2v) is 5.40. The summed E-state index contributed by atoms with van der Waals surface area (Å²) in [4.78, 5) is 12.7. The number of piperidine rings is 1. The third kappa shape index (κ3) is 5.42. The molecule has 0 aliphatic carbocycles. The topological polar surface area (TPSA) is 40.5 Å². The summed E-state index contributed by atoms with van der Waals surface area (Å²) in [6, 6.07) is 0.732. The molecule has 0 aromatic heterocycles. The van der Waals surface area contributed by atoms with Crippen LogP contribution in [0.2, 0.25) is 0 Å². The fourth-order valence-electron chi connectivity index (χ4n) is 1.99. The summed E-state index contributed by atoms with van der Waals surface area (Å²) in [5.74, 6) is 1.17. The summed E-state index contributed by atoms with van der Waals surface area (Å²) in [7, 11) is 2.20. The van der Waals surface area contributed by atoms with Gasteiger partial charge in [-0.1, -0.05) is 6.42 Å². The Morgan fingerprint density at radius 2 is 2.27 bits per heavy atom. The number of hydrogen-bond donors (Lipinski definition) is 1. The molecule has 1 saturated heterocycles. The largest absolute Gasteiger partial charge is 0.481 e. The van der Waals surface area contributed by atoms with E-state index in [1.54, 1.807) is 11.8 Å². The van der Waals surface area contributed by atoms with Crippen LogP contribution >= 0.6 is 11.8 Å². The molecule has 1 fully saturated rings. The van der Waals surface area contributed by atoms with Crippen LogP contribution in [0.1, 0.15) is 32.1 Å². The number of aliphatic carboxylic acids is 1. The van der Waals surface area contributed by atoms with E-state index in [0.717, 1.165) is 17.5 Å². The van der Waals surface area contributed by atoms with Gasteiger partial charge in [0, 0.05) is 11.8 Å². The Kier molecular flexibility index (Phi) is 6.10. The molecule has 0 aromatic carbocycles. The lowest BCUT2D eigenvalue weighted by molar-refractivity contribution is -0.136. The highest BCUT2D eigenvalue weighted by Crippen LogP contribution is 2.19. The fourth-order valence-corrected chi connectivity index (χ4v) is 2.95. The summed E-state index contributed by atoms with van der Waals surface area (Å²) in [5, 5.41) is 8.48. The van der Waals surface area contributed by atoms with E-state index in [9.17, 15) is 4.79 Å². The molecule has 0 spiro atoms. The molecule has 4 heteroatoms. The number of carboxylic acid groups (broad SMARTS) is 1. The van der Waals surface area contributed by atoms with Crippen molar-refractivity contribution in [3.05, 3.63) is 0 Å². The van der Waals surface area contributed by atoms with Crippen LogP contribution in [0, 0.1) is 0 Å². The van der Waals surface area contributed by atoms with Crippen LogP contribution in [-0.2, 0) is 4.79 Å². The predicted molar refractivity (Wildman–Crippen MR) is 64.5 cm³/mol. The molecule has 1 N–H and O–H groups in total. The van der Waals surface area contributed by atoms with Crippen molar-refractivity contribution in [3.8, 4) is 0 Å². The number of rotatable bonds is 6. The van der Waals surface area contributed by atoms with E-state index in [0.29, 0.717) is 6.42 Å². The molecule has 88 valence electrons. The van der Waals surface area contributed by atoms with Crippen molar-refractivity contribution in [2.75, 3.05) is 25.1 Å². The van der Waals surface area contributed by atoms with Crippen molar-refractivity contribution in [1.82, 2.24) is 4.90 Å². The van der Waals surface area contributed by atoms with E-state index in [-0.39, 0.29) is 0 Å². The summed E-state index contributed by atoms with van der Waals surface area (Å²) >= 11 is 1.77. The van der Waals surface area contributed by atoms with Crippen molar-refractivity contribution < 1.29 is 9.90 Å². The average Bonchev–Trinajstić information content (AvgIpc) is 2.20. The van der Waals surface area contributed by atoms with Gasteiger partial charge in [-0.15, -0.1) is 0 Å². The molecular weight excluding hydrogens is 210 g/mol. The van der Waals surface area contributed by atoms with Gasteiger partial charge in [0.2, 0.25) is 0 Å². The van der Waals surface area contributed by atoms with E-state index in [1.807, 2.05) is 0 Å². The average molecular weight is 231 g/mol. The molecule has 3 nitrogen and oxygen atoms in total. The highest BCUT2D eigenvalue weighted by molar-refractivity contribution is 7.99. The molecule has 1 heterocycles. The highest BCUT2D eigenvalue weighted by Gasteiger charge is 2.17. The van der Waals surface area contributed by atoms with Gasteiger partial charge in [-0.25, -0.2) is 0 Å². The zero-order valence-corrected chi connectivity index (χ0v) is 10.3. The molecule has 1 unspecified atom stereocenters. The minimum atomic E-state index is -0.683. The zero-order chi connectivity index (χ0) is 11.1. The van der Waals surface area contributed by atoms with Gasteiger partial charge in [0.15, 0.2) is 0 Å². The zero-order valence-electron chi connectivity index (χ0n) is 9.45. The third-order valence-electron chi connectivity index (χ3n) is 2.98. The maximum Gasteiger partial charge on any atom is 0.304 e. The van der Waals surface area contributed by atoms with Crippen molar-refractivity contribution in [3.63, 3.8) is 0 Å². The number of nitrogens with zero attached hydrogens (tertiary/aromatic N) is 1. The van der Waals surface area contributed by atoms with Gasteiger partial charge < -0.3 is 10.0 Å². The van der Waals surface area contributed by atoms with E-state index >= 15 is 0 Å². The monoisotopic (exact) mass is 231 g/mol. The van der Waals surface area contributed by atoms with Gasteiger partial charge >= 0.3 is 5.97 Å². The molecule has 0 bridgehead atoms. The van der Waals surface area contributed by atoms with Gasteiger partial charge in [-0.05, 0) is 38.6 Å². The van der Waals surface area contributed by atoms with Gasteiger partial charge in [-0.2, -0.15) is 11.8 Å². The molecule has 1 atom stereocenters. The highest BCUT2D eigenvalue weighted by atomic mass is 32.2. The first-order valence-electron chi connectivity index (χ1n) is 5.70. The van der Waals surface area contributed by atoms with Crippen molar-refractivity contribution in [1.29, 1.82) is 0 Å². The lowest BCUT2D eigenvalue weighted by Crippen LogP contribution is -2.36. The van der Waals surface area contributed by atoms with Gasteiger partial charge in [-0.3, -0.25) is 4.79 Å². The Balaban J connectivity index is 2.01. The maximum absolute atomic E-state index is 10.3. The maximum atomic E-state index is 10.3. The molecule has 1 rings (SSSR count). The number of hydrogen-bond acceptors (Lipinski definition) is 3. The van der Waals surface area contributed by atoms with Crippen LogP contribution in [0.4, 0.5) is 0 Å². The van der Waals surface area contributed by atoms with Crippen LogP contribution in [0.15, 0.2) is 0 Å². The van der Waals surface area contributed by atoms with Crippen molar-refractivity contribution in [2.45, 2.75) is 38.1 Å². The van der Waals surface area contributed by atoms with Gasteiger partial charge in [0.25, 0.3) is 0 Å². The lowest BCUT2D eigenvalue weighted by atomic mass is 10.0. The Labute approximate surface area is 96.2 Å². The molecule has 0 saturated carbocycles. The van der Waals surface area contributed by atoms with E-state index in [2.05, 4.69) is 11.9 Å². The Morgan fingerprint density at radius 3 is 2.93 bits per heavy atom. The quantitative estimate of drug-likeness (QED) is 0.710. The second kappa shape index (κ2) is 7.12. The Hall–Kier alpha value is -0.220. The standard InChI is InChI=1S/C11H21NO2S/c1-12-7-3-2-4-10(12)5-8-15-9-6-11(13)14/h10H,2-9H2,1H3,(H,13,14). The van der Waals surface area contributed by atoms with Crippen LogP contribution in [-0.4, -0.2) is 47.1 Å². The molecule has 1 aliphatic rings. The van der Waals surface area contributed by atoms with Gasteiger partial charge in [0.05, 0.1) is 6.42 Å². The first-order chi connectivity index (χ1) is 7.20. The molecule has 0 radical (unpaired) electrons. The lowest BCUT2D eigenvalue weighted by Gasteiger charge is -2.32. The van der Waals surface area contributed by atoms with E-state index < -0.39 is 5.97 Å². The molecular formula is C11H21NO2S. The first-order valence-corrected chi connectivity index (χ1v) is 6.85. The van der Waals surface area contributed by atoms with Crippen LogP contribution in [0.25, 0.3) is 0 Å². The Morgan fingerprint density at radius 1 is 1.47 bits per heavy atom. The summed E-state index contributed by atoms with van der Waals surface area (Å²) in [5.41, 5.74) is 0. The van der Waals surface area contributed by atoms with Crippen LogP contribution in [0.3, 0.4) is 0 Å². The van der Waals surface area contributed by atoms with Crippen molar-refractivity contribution >= 4 is 17.7 Å². The predicted octanol–water partition coefficient (Wildman–Crippen LogP) is 2.07. The molecule has 1 aliphatic heterocycles. The molecule has 15 heavy (non-hydrogen) atoms. The van der Waals surface area contributed by atoms with Crippen LogP contribution < -0.4 is 0 Å². The smallest absolute Gasteiger partial charge is 0.304 e. The van der Waals surface area contributed by atoms with E-state index in [4.69, 9.17) is 5.11 Å². The summed E-state index contributed by atoms with van der Waals surface area (Å²) < 4.78 is 0. The number of likely N-dealkylation sites (tertiary alicyclic amines) is 1. The Bertz CT molecular complexity index is 199. The van der Waals surface area contributed by atoms with Crippen molar-refractivity contribution in [2.24, 2.45) is 0 Å². The summed E-state index contributed by atoms with van der Waals surface area (Å²) in [6.07, 6.45) is 5.51. The van der Waals surface area contributed by atoms with Crippen LogP contribution in [0.5, 0.6) is 0 Å². The molecule has 0 aromatic rings. The fraction of sp³-hybridized carbons (Fsp3) is 0.909. The number of carbonyl (C=O) groups is 1. The third-order valence-corrected chi connectivity index (χ3v) is 3.99. The SMILES string of the molecule is CN1CCCCC1CCSCCC(=O)O.